The maximum atomic E-state index is 13.9. The number of methoxy groups -OCH3 is 1. The summed E-state index contributed by atoms with van der Waals surface area (Å²) in [6.07, 6.45) is 1.65. The number of nitrogens with one attached hydrogen (secondary N) is 1. The number of thiazole rings is 1. The molecule has 3 aromatic rings. The molecule has 2 N–H and O–H groups in total. The molecule has 3 aliphatic rings. The quantitative estimate of drug-likeness (QED) is 0.357. The zero-order valence-electron chi connectivity index (χ0n) is 23.2. The molecule has 1 aromatic heterocycles. The molecule has 0 spiro atoms. The maximum absolute atomic E-state index is 13.9. The minimum atomic E-state index is -1.15. The molecule has 2 fully saturated rings. The number of anilines is 1. The van der Waals surface area contributed by atoms with Gasteiger partial charge in [-0.15, -0.1) is 11.3 Å². The fraction of sp³-hybridized carbons (Fsp3) is 0.276. The van der Waals surface area contributed by atoms with Crippen molar-refractivity contribution in [2.24, 2.45) is 4.99 Å². The monoisotopic (exact) mass is 658 g/mol. The Morgan fingerprint density at radius 1 is 1.16 bits per heavy atom. The van der Waals surface area contributed by atoms with Gasteiger partial charge in [0.25, 0.3) is 0 Å². The topological polar surface area (TPSA) is 128 Å². The smallest absolute Gasteiger partial charge is 0.338 e. The van der Waals surface area contributed by atoms with E-state index in [1.165, 1.54) is 48.8 Å². The summed E-state index contributed by atoms with van der Waals surface area (Å²) in [5.74, 6) is -1.83. The first-order valence-electron chi connectivity index (χ1n) is 13.5. The summed E-state index contributed by atoms with van der Waals surface area (Å²) < 4.78 is 19.1. The van der Waals surface area contributed by atoms with Gasteiger partial charge in [-0.2, -0.15) is 0 Å². The van der Waals surface area contributed by atoms with Crippen LogP contribution in [0.5, 0.6) is 0 Å². The number of hydrogen-bond donors (Lipinski definition) is 2. The Morgan fingerprint density at radius 2 is 1.98 bits per heavy atom. The minimum Gasteiger partial charge on any atom is -0.478 e. The minimum absolute atomic E-state index is 0.0403. The van der Waals surface area contributed by atoms with Crippen LogP contribution >= 0.6 is 34.5 Å². The lowest BCUT2D eigenvalue weighted by Gasteiger charge is -2.38. The van der Waals surface area contributed by atoms with Crippen LogP contribution in [0.15, 0.2) is 64.2 Å². The van der Waals surface area contributed by atoms with E-state index in [1.807, 2.05) is 5.38 Å². The van der Waals surface area contributed by atoms with E-state index >= 15 is 0 Å². The number of halogens is 3. The molecule has 44 heavy (non-hydrogen) atoms. The molecular formula is C29H25Cl2FN6O5S. The number of carboxylic acid groups (broad SMARTS) is 1. The van der Waals surface area contributed by atoms with Crippen LogP contribution in [0, 0.1) is 5.82 Å². The molecule has 3 aliphatic heterocycles. The SMILES string of the molecule is COC(=O)C1=C(CN2CCN3C(=O)N(c4ccc(C(=O)O)c(Cl)c4)C[C@@H]3C2)NC(c2nccs2)=N[C@H]1c1ccc(F)cc1Cl. The van der Waals surface area contributed by atoms with Crippen molar-refractivity contribution in [1.29, 1.82) is 0 Å². The zero-order chi connectivity index (χ0) is 31.1. The molecule has 0 radical (unpaired) electrons. The van der Waals surface area contributed by atoms with E-state index < -0.39 is 23.8 Å². The molecule has 2 saturated heterocycles. The number of benzene rings is 2. The van der Waals surface area contributed by atoms with Crippen LogP contribution in [-0.4, -0.2) is 89.6 Å². The molecule has 228 valence electrons. The van der Waals surface area contributed by atoms with Gasteiger partial charge in [0.2, 0.25) is 0 Å². The van der Waals surface area contributed by atoms with E-state index in [0.717, 1.165) is 0 Å². The molecule has 0 unspecified atom stereocenters. The molecule has 2 amide bonds. The molecule has 0 bridgehead atoms. The Labute approximate surface area is 265 Å². The third-order valence-electron chi connectivity index (χ3n) is 7.74. The van der Waals surface area contributed by atoms with Gasteiger partial charge in [0.15, 0.2) is 10.8 Å². The van der Waals surface area contributed by atoms with Gasteiger partial charge in [0, 0.05) is 66.3 Å². The summed E-state index contributed by atoms with van der Waals surface area (Å²) in [6.45, 7) is 2.10. The molecule has 2 aromatic carbocycles. The normalized spacial score (nSPS) is 20.4. The fourth-order valence-corrected chi connectivity index (χ4v) is 6.78. The molecule has 11 nitrogen and oxygen atoms in total. The van der Waals surface area contributed by atoms with Gasteiger partial charge in [-0.25, -0.2) is 23.8 Å². The number of ether oxygens (including phenoxy) is 1. The highest BCUT2D eigenvalue weighted by atomic mass is 35.5. The summed E-state index contributed by atoms with van der Waals surface area (Å²) in [4.78, 5) is 52.6. The lowest BCUT2D eigenvalue weighted by molar-refractivity contribution is -0.136. The van der Waals surface area contributed by atoms with E-state index in [0.29, 0.717) is 60.5 Å². The van der Waals surface area contributed by atoms with Gasteiger partial charge < -0.3 is 20.1 Å². The van der Waals surface area contributed by atoms with Crippen LogP contribution in [0.3, 0.4) is 0 Å². The number of piperazine rings is 1. The summed E-state index contributed by atoms with van der Waals surface area (Å²) in [6, 6.07) is 7.15. The van der Waals surface area contributed by atoms with E-state index in [-0.39, 0.29) is 33.3 Å². The Hall–Kier alpha value is -4.04. The van der Waals surface area contributed by atoms with Gasteiger partial charge in [0.05, 0.1) is 29.3 Å². The number of aromatic nitrogens is 1. The zero-order valence-corrected chi connectivity index (χ0v) is 25.5. The molecular weight excluding hydrogens is 634 g/mol. The third kappa shape index (κ3) is 5.63. The fourth-order valence-electron chi connectivity index (χ4n) is 5.67. The molecule has 0 aliphatic carbocycles. The number of fused-ring (bicyclic) bond motifs is 1. The van der Waals surface area contributed by atoms with Crippen LogP contribution in [-0.2, 0) is 9.53 Å². The summed E-state index contributed by atoms with van der Waals surface area (Å²) in [5.41, 5.74) is 1.69. The van der Waals surface area contributed by atoms with Gasteiger partial charge in [-0.3, -0.25) is 14.8 Å². The van der Waals surface area contributed by atoms with Crippen molar-refractivity contribution in [3.63, 3.8) is 0 Å². The summed E-state index contributed by atoms with van der Waals surface area (Å²) >= 11 is 14.0. The lowest BCUT2D eigenvalue weighted by atomic mass is 9.95. The highest BCUT2D eigenvalue weighted by molar-refractivity contribution is 7.11. The number of amidine groups is 1. The maximum Gasteiger partial charge on any atom is 0.338 e. The third-order valence-corrected chi connectivity index (χ3v) is 9.16. The van der Waals surface area contributed by atoms with Crippen LogP contribution in [0.2, 0.25) is 10.0 Å². The number of urea groups is 1. The van der Waals surface area contributed by atoms with Crippen molar-refractivity contribution in [3.05, 3.63) is 91.2 Å². The number of carbonyl (C=O) groups is 3. The van der Waals surface area contributed by atoms with Crippen molar-refractivity contribution >= 4 is 64.0 Å². The average Bonchev–Trinajstić information content (AvgIpc) is 3.65. The van der Waals surface area contributed by atoms with E-state index in [1.54, 1.807) is 22.1 Å². The van der Waals surface area contributed by atoms with Crippen molar-refractivity contribution in [2.75, 3.05) is 44.7 Å². The Bertz CT molecular complexity index is 1720. The number of hydrogen-bond acceptors (Lipinski definition) is 9. The van der Waals surface area contributed by atoms with Crippen molar-refractivity contribution in [2.45, 2.75) is 12.1 Å². The van der Waals surface area contributed by atoms with Gasteiger partial charge in [-0.1, -0.05) is 29.3 Å². The number of rotatable bonds is 7. The predicted octanol–water partition coefficient (Wildman–Crippen LogP) is 4.43. The summed E-state index contributed by atoms with van der Waals surface area (Å²) in [7, 11) is 1.28. The Balaban J connectivity index is 1.29. The number of aliphatic imine (C=N–C) groups is 1. The second-order valence-electron chi connectivity index (χ2n) is 10.3. The lowest BCUT2D eigenvalue weighted by Crippen LogP contribution is -2.53. The number of nitrogens with zero attached hydrogens (tertiary/aromatic N) is 5. The highest BCUT2D eigenvalue weighted by Gasteiger charge is 2.42. The molecule has 6 rings (SSSR count). The first-order chi connectivity index (χ1) is 21.1. The first kappa shape index (κ1) is 30.0. The van der Waals surface area contributed by atoms with Crippen LogP contribution in [0.25, 0.3) is 0 Å². The summed E-state index contributed by atoms with van der Waals surface area (Å²) in [5, 5.41) is 15.2. The van der Waals surface area contributed by atoms with Crippen molar-refractivity contribution in [3.8, 4) is 0 Å². The Kier molecular flexibility index (Phi) is 8.29. The largest absolute Gasteiger partial charge is 0.478 e. The van der Waals surface area contributed by atoms with Gasteiger partial charge >= 0.3 is 18.0 Å². The number of amides is 2. The van der Waals surface area contributed by atoms with Crippen molar-refractivity contribution in [1.82, 2.24) is 20.1 Å². The average molecular weight is 660 g/mol. The van der Waals surface area contributed by atoms with E-state index in [9.17, 15) is 23.9 Å². The van der Waals surface area contributed by atoms with Gasteiger partial charge in [0.1, 0.15) is 11.9 Å². The molecule has 0 saturated carbocycles. The van der Waals surface area contributed by atoms with Crippen molar-refractivity contribution < 1.29 is 28.6 Å². The molecule has 4 heterocycles. The second-order valence-corrected chi connectivity index (χ2v) is 12.0. The van der Waals surface area contributed by atoms with E-state index in [4.69, 9.17) is 32.9 Å². The van der Waals surface area contributed by atoms with E-state index in [2.05, 4.69) is 15.2 Å². The standard InChI is InChI=1S/C29H25Cl2FN6O5S/c1-43-28(41)23-22(34-25(26-33-6-9-44-26)35-24(23)18-4-2-15(32)10-20(18)30)14-36-7-8-37-17(12-36)13-38(29(37)42)16-3-5-19(27(39)40)21(31)11-16/h2-6,9-11,17,24H,7-8,12-14H2,1H3,(H,34,35)(H,39,40)/t17-,24-/m0/s1. The Morgan fingerprint density at radius 3 is 2.66 bits per heavy atom. The second kappa shape index (κ2) is 12.2. The number of carboxylic acids is 1. The first-order valence-corrected chi connectivity index (χ1v) is 15.1. The van der Waals surface area contributed by atoms with Crippen LogP contribution in [0.1, 0.15) is 27.0 Å². The molecule has 15 heteroatoms. The number of carbonyl (C=O) groups excluding carboxylic acids is 2. The number of esters is 1. The number of aromatic carboxylic acids is 1. The van der Waals surface area contributed by atoms with Gasteiger partial charge in [-0.05, 0) is 30.3 Å². The van der Waals surface area contributed by atoms with Crippen LogP contribution in [0.4, 0.5) is 14.9 Å². The molecule has 2 atom stereocenters. The highest BCUT2D eigenvalue weighted by Crippen LogP contribution is 2.37. The predicted molar refractivity (Wildman–Crippen MR) is 163 cm³/mol. The van der Waals surface area contributed by atoms with Crippen LogP contribution < -0.4 is 10.2 Å².